The Bertz CT molecular complexity index is 963. The molecular weight excluding hydrogens is 358 g/mol. The van der Waals surface area contributed by atoms with E-state index < -0.39 is 0 Å². The van der Waals surface area contributed by atoms with Gasteiger partial charge in [-0.3, -0.25) is 0 Å². The van der Waals surface area contributed by atoms with Crippen molar-refractivity contribution in [1.29, 1.82) is 0 Å². The summed E-state index contributed by atoms with van der Waals surface area (Å²) in [6.07, 6.45) is 0. The lowest BCUT2D eigenvalue weighted by Gasteiger charge is -2.10. The number of aliphatic hydroxyl groups excluding tert-OH is 1. The number of anilines is 2. The highest BCUT2D eigenvalue weighted by Gasteiger charge is 2.02. The second-order valence-electron chi connectivity index (χ2n) is 6.86. The zero-order valence-electron chi connectivity index (χ0n) is 16.3. The quantitative estimate of drug-likeness (QED) is 0.414. The van der Waals surface area contributed by atoms with E-state index in [0.717, 1.165) is 39.4 Å². The zero-order chi connectivity index (χ0) is 20.1. The molecule has 0 saturated heterocycles. The lowest BCUT2D eigenvalue weighted by atomic mass is 10.0. The van der Waals surface area contributed by atoms with Crippen molar-refractivity contribution in [3.63, 3.8) is 0 Å². The predicted molar refractivity (Wildman–Crippen MR) is 120 cm³/mol. The van der Waals surface area contributed by atoms with Crippen molar-refractivity contribution in [2.45, 2.75) is 6.61 Å². The first-order valence-corrected chi connectivity index (χ1v) is 9.57. The van der Waals surface area contributed by atoms with Crippen molar-refractivity contribution in [3.8, 4) is 28.0 Å². The van der Waals surface area contributed by atoms with Crippen LogP contribution in [0.1, 0.15) is 5.56 Å². The Hall–Kier alpha value is -3.56. The number of hydrogen-bond acceptors (Lipinski definition) is 3. The van der Waals surface area contributed by atoms with Crippen LogP contribution in [0.25, 0.3) is 22.3 Å². The lowest BCUT2D eigenvalue weighted by molar-refractivity contribution is 0.282. The van der Waals surface area contributed by atoms with Gasteiger partial charge in [-0.25, -0.2) is 0 Å². The van der Waals surface area contributed by atoms with Crippen LogP contribution >= 0.6 is 0 Å². The van der Waals surface area contributed by atoms with Crippen LogP contribution < -0.4 is 10.1 Å². The van der Waals surface area contributed by atoms with Gasteiger partial charge in [-0.2, -0.15) is 0 Å². The third-order valence-corrected chi connectivity index (χ3v) is 4.95. The van der Waals surface area contributed by atoms with Crippen LogP contribution in [0, 0.1) is 0 Å². The number of methoxy groups -OCH3 is 1. The highest BCUT2D eigenvalue weighted by atomic mass is 16.5. The van der Waals surface area contributed by atoms with E-state index in [0.29, 0.717) is 0 Å². The fourth-order valence-electron chi connectivity index (χ4n) is 3.24. The van der Waals surface area contributed by atoms with Crippen LogP contribution in [-0.2, 0) is 6.61 Å². The minimum atomic E-state index is 0.0698. The van der Waals surface area contributed by atoms with Crippen molar-refractivity contribution in [1.82, 2.24) is 0 Å². The summed E-state index contributed by atoms with van der Waals surface area (Å²) in [4.78, 5) is 0. The van der Waals surface area contributed by atoms with E-state index in [9.17, 15) is 0 Å². The first-order valence-electron chi connectivity index (χ1n) is 9.57. The first kappa shape index (κ1) is 18.8. The van der Waals surface area contributed by atoms with E-state index >= 15 is 0 Å². The van der Waals surface area contributed by atoms with Crippen LogP contribution in [0.3, 0.4) is 0 Å². The first-order chi connectivity index (χ1) is 14.2. The van der Waals surface area contributed by atoms with Gasteiger partial charge in [0.2, 0.25) is 0 Å². The van der Waals surface area contributed by atoms with Gasteiger partial charge >= 0.3 is 0 Å². The molecule has 2 N–H and O–H groups in total. The van der Waals surface area contributed by atoms with Gasteiger partial charge in [0.05, 0.1) is 13.7 Å². The smallest absolute Gasteiger partial charge is 0.118 e. The standard InChI is InChI=1S/C26H23NO2/c1-29-26-16-10-23(11-17-26)22-8-14-25(15-9-22)27-24-12-6-21(7-13-24)20-4-2-19(18-28)3-5-20/h2-17,27-28H,18H2,1H3. The van der Waals surface area contributed by atoms with Crippen LogP contribution in [-0.4, -0.2) is 12.2 Å². The second-order valence-corrected chi connectivity index (χ2v) is 6.86. The van der Waals surface area contributed by atoms with Crippen molar-refractivity contribution >= 4 is 11.4 Å². The van der Waals surface area contributed by atoms with E-state index in [1.165, 1.54) is 5.56 Å². The molecule has 4 aromatic carbocycles. The number of aliphatic hydroxyl groups is 1. The number of ether oxygens (including phenoxy) is 1. The fraction of sp³-hybridized carbons (Fsp3) is 0.0769. The van der Waals surface area contributed by atoms with Crippen LogP contribution in [0.5, 0.6) is 5.75 Å². The van der Waals surface area contributed by atoms with Crippen molar-refractivity contribution in [2.24, 2.45) is 0 Å². The highest BCUT2D eigenvalue weighted by molar-refractivity contribution is 5.71. The normalized spacial score (nSPS) is 10.6. The Kier molecular flexibility index (Phi) is 5.59. The molecule has 0 aliphatic heterocycles. The minimum Gasteiger partial charge on any atom is -0.497 e. The molecule has 0 saturated carbocycles. The predicted octanol–water partition coefficient (Wildman–Crippen LogP) is 6.27. The molecule has 0 bridgehead atoms. The molecule has 4 aromatic rings. The van der Waals surface area contributed by atoms with Gasteiger partial charge in [-0.15, -0.1) is 0 Å². The molecule has 0 aliphatic rings. The maximum Gasteiger partial charge on any atom is 0.118 e. The summed E-state index contributed by atoms with van der Waals surface area (Å²) in [5.74, 6) is 0.861. The maximum atomic E-state index is 9.17. The van der Waals surface area contributed by atoms with Gasteiger partial charge in [-0.1, -0.05) is 60.7 Å². The van der Waals surface area contributed by atoms with Crippen LogP contribution in [0.4, 0.5) is 11.4 Å². The van der Waals surface area contributed by atoms with Gasteiger partial charge in [0.25, 0.3) is 0 Å². The molecule has 0 radical (unpaired) electrons. The summed E-state index contributed by atoms with van der Waals surface area (Å²) in [5.41, 5.74) is 7.62. The highest BCUT2D eigenvalue weighted by Crippen LogP contribution is 2.27. The maximum absolute atomic E-state index is 9.17. The van der Waals surface area contributed by atoms with E-state index in [2.05, 4.69) is 66.0 Å². The molecule has 0 spiro atoms. The topological polar surface area (TPSA) is 41.5 Å². The number of hydrogen-bond donors (Lipinski definition) is 2. The van der Waals surface area contributed by atoms with Crippen LogP contribution in [0.15, 0.2) is 97.1 Å². The zero-order valence-corrected chi connectivity index (χ0v) is 16.3. The average molecular weight is 381 g/mol. The molecule has 4 rings (SSSR count). The summed E-state index contributed by atoms with van der Waals surface area (Å²) >= 11 is 0. The Morgan fingerprint density at radius 2 is 0.966 bits per heavy atom. The molecule has 0 fully saturated rings. The van der Waals surface area contributed by atoms with Crippen molar-refractivity contribution in [3.05, 3.63) is 103 Å². The molecule has 3 heteroatoms. The fourth-order valence-corrected chi connectivity index (χ4v) is 3.24. The SMILES string of the molecule is COc1ccc(-c2ccc(Nc3ccc(-c4ccc(CO)cc4)cc3)cc2)cc1. The van der Waals surface area contributed by atoms with Gasteiger partial charge in [0, 0.05) is 11.4 Å². The Balaban J connectivity index is 1.44. The summed E-state index contributed by atoms with van der Waals surface area (Å²) in [7, 11) is 1.68. The molecule has 0 unspecified atom stereocenters. The van der Waals surface area contributed by atoms with Gasteiger partial charge < -0.3 is 15.2 Å². The number of rotatable bonds is 6. The van der Waals surface area contributed by atoms with Crippen LogP contribution in [0.2, 0.25) is 0 Å². The monoisotopic (exact) mass is 381 g/mol. The summed E-state index contributed by atoms with van der Waals surface area (Å²) in [6.45, 7) is 0.0698. The van der Waals surface area contributed by atoms with E-state index in [1.54, 1.807) is 7.11 Å². The van der Waals surface area contributed by atoms with Gasteiger partial charge in [0.1, 0.15) is 5.75 Å². The Morgan fingerprint density at radius 3 is 1.34 bits per heavy atom. The molecule has 0 amide bonds. The average Bonchev–Trinajstić information content (AvgIpc) is 2.80. The Morgan fingerprint density at radius 1 is 0.586 bits per heavy atom. The minimum absolute atomic E-state index is 0.0698. The molecule has 0 aliphatic carbocycles. The second kappa shape index (κ2) is 8.63. The van der Waals surface area contributed by atoms with Crippen molar-refractivity contribution < 1.29 is 9.84 Å². The number of nitrogens with one attached hydrogen (secondary N) is 1. The molecule has 0 aromatic heterocycles. The van der Waals surface area contributed by atoms with E-state index in [1.807, 2.05) is 36.4 Å². The molecule has 0 heterocycles. The summed E-state index contributed by atoms with van der Waals surface area (Å²) < 4.78 is 5.22. The Labute approximate surface area is 171 Å². The molecule has 3 nitrogen and oxygen atoms in total. The largest absolute Gasteiger partial charge is 0.497 e. The molecule has 144 valence electrons. The third-order valence-electron chi connectivity index (χ3n) is 4.95. The molecule has 29 heavy (non-hydrogen) atoms. The summed E-state index contributed by atoms with van der Waals surface area (Å²) in [6, 6.07) is 32.8. The molecule has 0 atom stereocenters. The van der Waals surface area contributed by atoms with E-state index in [4.69, 9.17) is 9.84 Å². The van der Waals surface area contributed by atoms with Crippen molar-refractivity contribution in [2.75, 3.05) is 12.4 Å². The lowest BCUT2D eigenvalue weighted by Crippen LogP contribution is -1.90. The molecular formula is C26H23NO2. The third kappa shape index (κ3) is 4.48. The number of benzene rings is 4. The van der Waals surface area contributed by atoms with Gasteiger partial charge in [0.15, 0.2) is 0 Å². The summed E-state index contributed by atoms with van der Waals surface area (Å²) in [5, 5.41) is 12.6. The van der Waals surface area contributed by atoms with E-state index in [-0.39, 0.29) is 6.61 Å². The van der Waals surface area contributed by atoms with Gasteiger partial charge in [-0.05, 0) is 64.2 Å².